The maximum atomic E-state index is 12.7. The van der Waals surface area contributed by atoms with E-state index in [0.29, 0.717) is 36.0 Å². The first-order chi connectivity index (χ1) is 15.9. The predicted octanol–water partition coefficient (Wildman–Crippen LogP) is 6.59. The van der Waals surface area contributed by atoms with Crippen molar-refractivity contribution in [3.05, 3.63) is 93.0 Å². The summed E-state index contributed by atoms with van der Waals surface area (Å²) in [4.78, 5) is 12.7. The van der Waals surface area contributed by atoms with Crippen molar-refractivity contribution in [1.29, 1.82) is 5.26 Å². The minimum absolute atomic E-state index is 0.00226. The van der Waals surface area contributed by atoms with Crippen molar-refractivity contribution in [3.8, 4) is 17.6 Å². The van der Waals surface area contributed by atoms with Gasteiger partial charge in [-0.15, -0.1) is 0 Å². The molecule has 0 saturated heterocycles. The topological polar surface area (TPSA) is 71.3 Å². The lowest BCUT2D eigenvalue weighted by Gasteiger charge is -2.13. The Balaban J connectivity index is 1.79. The van der Waals surface area contributed by atoms with Crippen LogP contribution in [0.1, 0.15) is 29.2 Å². The number of nitrogens with zero attached hydrogens (tertiary/aromatic N) is 1. The van der Waals surface area contributed by atoms with Crippen LogP contribution in [-0.4, -0.2) is 12.5 Å². The lowest BCUT2D eigenvalue weighted by atomic mass is 10.1. The summed E-state index contributed by atoms with van der Waals surface area (Å²) >= 11 is 3.52. The normalized spacial score (nSPS) is 10.9. The van der Waals surface area contributed by atoms with Crippen LogP contribution in [0.2, 0.25) is 0 Å². The molecule has 0 spiro atoms. The van der Waals surface area contributed by atoms with Gasteiger partial charge in [-0.3, -0.25) is 4.79 Å². The smallest absolute Gasteiger partial charge is 0.266 e. The molecule has 3 aromatic rings. The van der Waals surface area contributed by atoms with Crippen molar-refractivity contribution < 1.29 is 14.3 Å². The van der Waals surface area contributed by atoms with Gasteiger partial charge in [-0.1, -0.05) is 46.3 Å². The van der Waals surface area contributed by atoms with E-state index in [1.54, 1.807) is 18.2 Å². The zero-order valence-corrected chi connectivity index (χ0v) is 20.4. The quantitative estimate of drug-likeness (QED) is 0.277. The van der Waals surface area contributed by atoms with Gasteiger partial charge in [0.15, 0.2) is 11.5 Å². The Labute approximate surface area is 202 Å². The fourth-order valence-corrected chi connectivity index (χ4v) is 3.51. The summed E-state index contributed by atoms with van der Waals surface area (Å²) < 4.78 is 12.7. The molecule has 0 radical (unpaired) electrons. The molecule has 1 N–H and O–H groups in total. The third kappa shape index (κ3) is 6.47. The Hall–Kier alpha value is -3.56. The number of anilines is 1. The number of halogens is 1. The van der Waals surface area contributed by atoms with E-state index in [1.807, 2.05) is 69.3 Å². The number of hydrogen-bond acceptors (Lipinski definition) is 4. The van der Waals surface area contributed by atoms with Crippen LogP contribution in [0.3, 0.4) is 0 Å². The van der Waals surface area contributed by atoms with Gasteiger partial charge in [0.1, 0.15) is 18.2 Å². The van der Waals surface area contributed by atoms with E-state index in [9.17, 15) is 10.1 Å². The van der Waals surface area contributed by atoms with Crippen molar-refractivity contribution in [2.45, 2.75) is 27.4 Å². The Morgan fingerprint density at radius 2 is 1.82 bits per heavy atom. The first kappa shape index (κ1) is 24.1. The zero-order chi connectivity index (χ0) is 23.8. The second kappa shape index (κ2) is 11.3. The Bertz CT molecular complexity index is 1230. The number of carbonyl (C=O) groups excluding carboxylic acids is 1. The van der Waals surface area contributed by atoms with Gasteiger partial charge in [0.2, 0.25) is 0 Å². The van der Waals surface area contributed by atoms with Gasteiger partial charge < -0.3 is 14.8 Å². The molecule has 0 heterocycles. The van der Waals surface area contributed by atoms with E-state index < -0.39 is 5.91 Å². The third-order valence-electron chi connectivity index (χ3n) is 5.05. The molecule has 3 rings (SSSR count). The Kier molecular flexibility index (Phi) is 8.28. The molecule has 5 nitrogen and oxygen atoms in total. The highest BCUT2D eigenvalue weighted by molar-refractivity contribution is 9.10. The average molecular weight is 505 g/mol. The molecule has 0 aromatic heterocycles. The summed E-state index contributed by atoms with van der Waals surface area (Å²) in [6.45, 7) is 6.69. The van der Waals surface area contributed by atoms with Crippen LogP contribution in [-0.2, 0) is 11.4 Å². The molecular weight excluding hydrogens is 480 g/mol. The molecule has 0 unspecified atom stereocenters. The largest absolute Gasteiger partial charge is 0.490 e. The van der Waals surface area contributed by atoms with E-state index >= 15 is 0 Å². The van der Waals surface area contributed by atoms with E-state index in [-0.39, 0.29) is 5.57 Å². The van der Waals surface area contributed by atoms with Gasteiger partial charge in [-0.2, -0.15) is 5.26 Å². The van der Waals surface area contributed by atoms with Crippen molar-refractivity contribution in [2.24, 2.45) is 0 Å². The number of aryl methyl sites for hydroxylation is 2. The van der Waals surface area contributed by atoms with Crippen LogP contribution >= 0.6 is 15.9 Å². The van der Waals surface area contributed by atoms with Gasteiger partial charge in [-0.25, -0.2) is 0 Å². The number of benzene rings is 3. The fraction of sp³-hybridized carbons (Fsp3) is 0.185. The molecule has 0 bridgehead atoms. The fourth-order valence-electron chi connectivity index (χ4n) is 3.11. The number of amides is 1. The van der Waals surface area contributed by atoms with Crippen LogP contribution in [0.15, 0.2) is 70.7 Å². The molecule has 0 fully saturated rings. The van der Waals surface area contributed by atoms with Crippen LogP contribution in [0.4, 0.5) is 5.69 Å². The standard InChI is InChI=1S/C27H25BrN2O3/c1-4-32-26-15-20(10-12-25(26)33-17-21-7-5-6-8-24(21)28)14-22(16-29)27(31)30-23-11-9-18(2)19(3)13-23/h5-15H,4,17H2,1-3H3,(H,30,31)/b22-14+. The second-order valence-corrected chi connectivity index (χ2v) is 8.30. The summed E-state index contributed by atoms with van der Waals surface area (Å²) in [5.74, 6) is 0.668. The first-order valence-electron chi connectivity index (χ1n) is 10.5. The van der Waals surface area contributed by atoms with Crippen molar-refractivity contribution in [3.63, 3.8) is 0 Å². The molecule has 0 aliphatic heterocycles. The molecule has 0 saturated carbocycles. The summed E-state index contributed by atoms with van der Waals surface area (Å²) in [7, 11) is 0. The minimum atomic E-state index is -0.465. The molecule has 0 aliphatic rings. The van der Waals surface area contributed by atoms with Gasteiger partial charge in [0, 0.05) is 15.7 Å². The number of hydrogen-bond donors (Lipinski definition) is 1. The molecule has 0 aliphatic carbocycles. The minimum Gasteiger partial charge on any atom is -0.490 e. The lowest BCUT2D eigenvalue weighted by Crippen LogP contribution is -2.13. The third-order valence-corrected chi connectivity index (χ3v) is 5.82. The SMILES string of the molecule is CCOc1cc(/C=C(\C#N)C(=O)Nc2ccc(C)c(C)c2)ccc1OCc1ccccc1Br. The Morgan fingerprint density at radius 1 is 1.03 bits per heavy atom. The maximum absolute atomic E-state index is 12.7. The molecule has 1 amide bonds. The summed E-state index contributed by atoms with van der Waals surface area (Å²) in [5.41, 5.74) is 4.52. The summed E-state index contributed by atoms with van der Waals surface area (Å²) in [5, 5.41) is 12.3. The van der Waals surface area contributed by atoms with E-state index in [4.69, 9.17) is 9.47 Å². The van der Waals surface area contributed by atoms with Gasteiger partial charge in [0.25, 0.3) is 5.91 Å². The maximum Gasteiger partial charge on any atom is 0.266 e. The lowest BCUT2D eigenvalue weighted by molar-refractivity contribution is -0.112. The van der Waals surface area contributed by atoms with Crippen molar-refractivity contribution in [2.75, 3.05) is 11.9 Å². The highest BCUT2D eigenvalue weighted by Gasteiger charge is 2.12. The van der Waals surface area contributed by atoms with Crippen molar-refractivity contribution in [1.82, 2.24) is 0 Å². The van der Waals surface area contributed by atoms with Crippen LogP contribution < -0.4 is 14.8 Å². The van der Waals surface area contributed by atoms with E-state index in [1.165, 1.54) is 6.08 Å². The van der Waals surface area contributed by atoms with E-state index in [2.05, 4.69) is 21.2 Å². The highest BCUT2D eigenvalue weighted by atomic mass is 79.9. The summed E-state index contributed by atoms with van der Waals surface area (Å²) in [6.07, 6.45) is 1.54. The molecule has 168 valence electrons. The first-order valence-corrected chi connectivity index (χ1v) is 11.3. The Morgan fingerprint density at radius 3 is 2.52 bits per heavy atom. The van der Waals surface area contributed by atoms with E-state index in [0.717, 1.165) is 21.2 Å². The number of nitrogens with one attached hydrogen (secondary N) is 1. The van der Waals surface area contributed by atoms with Gasteiger partial charge >= 0.3 is 0 Å². The number of carbonyl (C=O) groups is 1. The average Bonchev–Trinajstić information content (AvgIpc) is 2.80. The van der Waals surface area contributed by atoms with Gasteiger partial charge in [-0.05, 0) is 73.9 Å². The zero-order valence-electron chi connectivity index (χ0n) is 18.8. The monoisotopic (exact) mass is 504 g/mol. The molecule has 3 aromatic carbocycles. The molecular formula is C27H25BrN2O3. The second-order valence-electron chi connectivity index (χ2n) is 7.44. The molecule has 0 atom stereocenters. The number of rotatable bonds is 8. The van der Waals surface area contributed by atoms with Crippen LogP contribution in [0.25, 0.3) is 6.08 Å². The highest BCUT2D eigenvalue weighted by Crippen LogP contribution is 2.31. The van der Waals surface area contributed by atoms with Crippen LogP contribution in [0, 0.1) is 25.2 Å². The number of nitriles is 1. The van der Waals surface area contributed by atoms with Crippen LogP contribution in [0.5, 0.6) is 11.5 Å². The van der Waals surface area contributed by atoms with Gasteiger partial charge in [0.05, 0.1) is 6.61 Å². The molecule has 33 heavy (non-hydrogen) atoms. The molecule has 6 heteroatoms. The predicted molar refractivity (Wildman–Crippen MR) is 134 cm³/mol. The number of ether oxygens (including phenoxy) is 2. The summed E-state index contributed by atoms with van der Waals surface area (Å²) in [6, 6.07) is 20.8. The van der Waals surface area contributed by atoms with Crippen molar-refractivity contribution >= 4 is 33.6 Å².